The number of rotatable bonds is 2. The van der Waals surface area contributed by atoms with Crippen LogP contribution < -0.4 is 15.4 Å². The maximum absolute atomic E-state index is 5.95. The Labute approximate surface area is 95.6 Å². The van der Waals surface area contributed by atoms with Gasteiger partial charge in [0.25, 0.3) is 0 Å². The number of nitrogens with two attached hydrogens (primary N) is 1. The van der Waals surface area contributed by atoms with Crippen molar-refractivity contribution in [3.05, 3.63) is 11.9 Å². The molecular formula is C11H18N4O. The van der Waals surface area contributed by atoms with E-state index in [0.717, 1.165) is 37.6 Å². The van der Waals surface area contributed by atoms with E-state index >= 15 is 0 Å². The van der Waals surface area contributed by atoms with Crippen LogP contribution in [0.5, 0.6) is 5.88 Å². The van der Waals surface area contributed by atoms with Gasteiger partial charge in [0.15, 0.2) is 0 Å². The molecule has 1 aromatic heterocycles. The van der Waals surface area contributed by atoms with Gasteiger partial charge in [-0.05, 0) is 19.8 Å². The normalized spacial score (nSPS) is 20.9. The Morgan fingerprint density at radius 2 is 2.31 bits per heavy atom. The SMILES string of the molecule is COc1cc(N2CCCC(N)C2)nc(C)n1. The van der Waals surface area contributed by atoms with Crippen LogP contribution in [0.2, 0.25) is 0 Å². The Kier molecular flexibility index (Phi) is 3.24. The third-order valence-corrected chi connectivity index (χ3v) is 2.79. The van der Waals surface area contributed by atoms with Crippen LogP contribution in [-0.2, 0) is 0 Å². The number of hydrogen-bond acceptors (Lipinski definition) is 5. The second-order valence-electron chi connectivity index (χ2n) is 4.16. The molecule has 0 saturated carbocycles. The predicted molar refractivity (Wildman–Crippen MR) is 62.7 cm³/mol. The summed E-state index contributed by atoms with van der Waals surface area (Å²) in [5.41, 5.74) is 5.95. The molecule has 0 aromatic carbocycles. The van der Waals surface area contributed by atoms with Gasteiger partial charge in [-0.1, -0.05) is 0 Å². The lowest BCUT2D eigenvalue weighted by atomic mass is 10.1. The molecule has 1 atom stereocenters. The summed E-state index contributed by atoms with van der Waals surface area (Å²) in [5, 5.41) is 0. The van der Waals surface area contributed by atoms with Gasteiger partial charge in [0.1, 0.15) is 11.6 Å². The largest absolute Gasteiger partial charge is 0.481 e. The molecule has 1 unspecified atom stereocenters. The average Bonchev–Trinajstić information content (AvgIpc) is 2.28. The predicted octanol–water partition coefficient (Wildman–Crippen LogP) is 0.721. The van der Waals surface area contributed by atoms with Crippen molar-refractivity contribution in [1.82, 2.24) is 9.97 Å². The molecule has 16 heavy (non-hydrogen) atoms. The Hall–Kier alpha value is -1.36. The Bertz CT molecular complexity index is 369. The molecule has 1 fully saturated rings. The first kappa shape index (κ1) is 11.1. The van der Waals surface area contributed by atoms with Gasteiger partial charge in [0.2, 0.25) is 5.88 Å². The number of anilines is 1. The average molecular weight is 222 g/mol. The molecular weight excluding hydrogens is 204 g/mol. The topological polar surface area (TPSA) is 64.3 Å². The van der Waals surface area contributed by atoms with E-state index < -0.39 is 0 Å². The summed E-state index contributed by atoms with van der Waals surface area (Å²) in [7, 11) is 1.62. The number of aromatic nitrogens is 2. The van der Waals surface area contributed by atoms with Gasteiger partial charge in [0, 0.05) is 25.2 Å². The van der Waals surface area contributed by atoms with Crippen molar-refractivity contribution in [1.29, 1.82) is 0 Å². The summed E-state index contributed by atoms with van der Waals surface area (Å²) in [6.45, 7) is 3.74. The minimum Gasteiger partial charge on any atom is -0.481 e. The standard InChI is InChI=1S/C11H18N4O/c1-8-13-10(6-11(14-8)16-2)15-5-3-4-9(12)7-15/h6,9H,3-5,7,12H2,1-2H3. The summed E-state index contributed by atoms with van der Waals surface area (Å²) < 4.78 is 5.14. The lowest BCUT2D eigenvalue weighted by Crippen LogP contribution is -2.43. The van der Waals surface area contributed by atoms with Crippen LogP contribution in [-0.4, -0.2) is 36.2 Å². The van der Waals surface area contributed by atoms with Crippen molar-refractivity contribution in [3.63, 3.8) is 0 Å². The number of hydrogen-bond donors (Lipinski definition) is 1. The fourth-order valence-corrected chi connectivity index (χ4v) is 2.01. The highest BCUT2D eigenvalue weighted by Gasteiger charge is 2.18. The van der Waals surface area contributed by atoms with E-state index in [1.54, 1.807) is 7.11 Å². The number of aryl methyl sites for hydroxylation is 1. The molecule has 5 nitrogen and oxygen atoms in total. The molecule has 1 aliphatic rings. The lowest BCUT2D eigenvalue weighted by Gasteiger charge is -2.31. The second-order valence-corrected chi connectivity index (χ2v) is 4.16. The van der Waals surface area contributed by atoms with Gasteiger partial charge >= 0.3 is 0 Å². The molecule has 2 rings (SSSR count). The van der Waals surface area contributed by atoms with Gasteiger partial charge < -0.3 is 15.4 Å². The van der Waals surface area contributed by atoms with E-state index in [4.69, 9.17) is 10.5 Å². The van der Waals surface area contributed by atoms with Gasteiger partial charge in [0.05, 0.1) is 7.11 Å². The highest BCUT2D eigenvalue weighted by Crippen LogP contribution is 2.20. The number of ether oxygens (including phenoxy) is 1. The van der Waals surface area contributed by atoms with Crippen molar-refractivity contribution in [2.75, 3.05) is 25.1 Å². The molecule has 88 valence electrons. The molecule has 0 spiro atoms. The molecule has 1 aromatic rings. The van der Waals surface area contributed by atoms with Crippen molar-refractivity contribution in [3.8, 4) is 5.88 Å². The first-order valence-electron chi connectivity index (χ1n) is 5.59. The van der Waals surface area contributed by atoms with Crippen LogP contribution in [0.1, 0.15) is 18.7 Å². The molecule has 1 aliphatic heterocycles. The number of piperidine rings is 1. The second kappa shape index (κ2) is 4.65. The van der Waals surface area contributed by atoms with Crippen molar-refractivity contribution < 1.29 is 4.74 Å². The van der Waals surface area contributed by atoms with E-state index in [1.165, 1.54) is 0 Å². The quantitative estimate of drug-likeness (QED) is 0.798. The summed E-state index contributed by atoms with van der Waals surface area (Å²) >= 11 is 0. The van der Waals surface area contributed by atoms with E-state index in [-0.39, 0.29) is 6.04 Å². The molecule has 0 amide bonds. The highest BCUT2D eigenvalue weighted by molar-refractivity contribution is 5.42. The molecule has 1 saturated heterocycles. The zero-order valence-corrected chi connectivity index (χ0v) is 9.81. The van der Waals surface area contributed by atoms with Crippen LogP contribution in [0.3, 0.4) is 0 Å². The Morgan fingerprint density at radius 1 is 1.50 bits per heavy atom. The molecule has 5 heteroatoms. The summed E-state index contributed by atoms with van der Waals surface area (Å²) in [6, 6.07) is 2.11. The van der Waals surface area contributed by atoms with Crippen LogP contribution in [0.15, 0.2) is 6.07 Å². The van der Waals surface area contributed by atoms with Gasteiger partial charge in [-0.3, -0.25) is 0 Å². The zero-order chi connectivity index (χ0) is 11.5. The molecule has 2 heterocycles. The monoisotopic (exact) mass is 222 g/mol. The van der Waals surface area contributed by atoms with Crippen molar-refractivity contribution >= 4 is 5.82 Å². The third-order valence-electron chi connectivity index (χ3n) is 2.79. The smallest absolute Gasteiger partial charge is 0.218 e. The minimum absolute atomic E-state index is 0.245. The fourth-order valence-electron chi connectivity index (χ4n) is 2.01. The van der Waals surface area contributed by atoms with Crippen LogP contribution in [0, 0.1) is 6.92 Å². The molecule has 0 aliphatic carbocycles. The number of methoxy groups -OCH3 is 1. The van der Waals surface area contributed by atoms with Gasteiger partial charge in [-0.2, -0.15) is 4.98 Å². The van der Waals surface area contributed by atoms with Crippen molar-refractivity contribution in [2.45, 2.75) is 25.8 Å². The Morgan fingerprint density at radius 3 is 3.00 bits per heavy atom. The maximum Gasteiger partial charge on any atom is 0.218 e. The molecule has 0 radical (unpaired) electrons. The summed E-state index contributed by atoms with van der Waals surface area (Å²) in [5.74, 6) is 2.26. The van der Waals surface area contributed by atoms with Crippen LogP contribution >= 0.6 is 0 Å². The molecule has 0 bridgehead atoms. The van der Waals surface area contributed by atoms with E-state index in [9.17, 15) is 0 Å². The third kappa shape index (κ3) is 2.41. The summed E-state index contributed by atoms with van der Waals surface area (Å²) in [4.78, 5) is 10.8. The minimum atomic E-state index is 0.245. The Balaban J connectivity index is 2.21. The van der Waals surface area contributed by atoms with Crippen LogP contribution in [0.4, 0.5) is 5.82 Å². The summed E-state index contributed by atoms with van der Waals surface area (Å²) in [6.07, 6.45) is 2.21. The zero-order valence-electron chi connectivity index (χ0n) is 9.81. The van der Waals surface area contributed by atoms with Gasteiger partial charge in [-0.25, -0.2) is 4.98 Å². The lowest BCUT2D eigenvalue weighted by molar-refractivity contribution is 0.395. The first-order chi connectivity index (χ1) is 7.69. The van der Waals surface area contributed by atoms with E-state index in [1.807, 2.05) is 13.0 Å². The fraction of sp³-hybridized carbons (Fsp3) is 0.636. The van der Waals surface area contributed by atoms with Crippen LogP contribution in [0.25, 0.3) is 0 Å². The maximum atomic E-state index is 5.95. The van der Waals surface area contributed by atoms with E-state index in [0.29, 0.717) is 5.88 Å². The first-order valence-corrected chi connectivity index (χ1v) is 5.59. The highest BCUT2D eigenvalue weighted by atomic mass is 16.5. The van der Waals surface area contributed by atoms with Crippen molar-refractivity contribution in [2.24, 2.45) is 5.73 Å². The van der Waals surface area contributed by atoms with E-state index in [2.05, 4.69) is 14.9 Å². The number of nitrogens with zero attached hydrogens (tertiary/aromatic N) is 3. The van der Waals surface area contributed by atoms with Gasteiger partial charge in [-0.15, -0.1) is 0 Å². The molecule has 2 N–H and O–H groups in total.